The minimum atomic E-state index is -0.0560. The molecule has 0 aliphatic rings. The Labute approximate surface area is 96.1 Å². The number of hydrogen-bond acceptors (Lipinski definition) is 2. The molecule has 1 aromatic heterocycles. The molecule has 16 heavy (non-hydrogen) atoms. The first-order chi connectivity index (χ1) is 7.58. The summed E-state index contributed by atoms with van der Waals surface area (Å²) in [4.78, 5) is 0. The Morgan fingerprint density at radius 2 is 1.88 bits per heavy atom. The highest BCUT2D eigenvalue weighted by atomic mass is 16.3. The van der Waals surface area contributed by atoms with E-state index in [0.29, 0.717) is 0 Å². The molecule has 1 atom stereocenters. The van der Waals surface area contributed by atoms with Crippen molar-refractivity contribution in [2.45, 2.75) is 26.8 Å². The fraction of sp³-hybridized carbons (Fsp3) is 0.286. The molecule has 2 aromatic rings. The summed E-state index contributed by atoms with van der Waals surface area (Å²) in [5, 5.41) is 0. The van der Waals surface area contributed by atoms with E-state index in [4.69, 9.17) is 10.2 Å². The van der Waals surface area contributed by atoms with Gasteiger partial charge in [-0.05, 0) is 38.5 Å². The Bertz CT molecular complexity index is 497. The highest BCUT2D eigenvalue weighted by molar-refractivity contribution is 5.62. The first-order valence-corrected chi connectivity index (χ1v) is 5.51. The largest absolute Gasteiger partial charge is 0.459 e. The van der Waals surface area contributed by atoms with Crippen molar-refractivity contribution in [1.82, 2.24) is 0 Å². The van der Waals surface area contributed by atoms with Crippen molar-refractivity contribution in [2.24, 2.45) is 5.73 Å². The zero-order valence-electron chi connectivity index (χ0n) is 9.95. The Kier molecular flexibility index (Phi) is 2.84. The minimum Gasteiger partial charge on any atom is -0.459 e. The van der Waals surface area contributed by atoms with E-state index in [9.17, 15) is 0 Å². The van der Waals surface area contributed by atoms with Crippen molar-refractivity contribution < 1.29 is 4.42 Å². The van der Waals surface area contributed by atoms with Crippen LogP contribution in [0.3, 0.4) is 0 Å². The van der Waals surface area contributed by atoms with Gasteiger partial charge in [-0.1, -0.05) is 23.8 Å². The Balaban J connectivity index is 2.42. The van der Waals surface area contributed by atoms with Gasteiger partial charge in [0, 0.05) is 5.56 Å². The summed E-state index contributed by atoms with van der Waals surface area (Å²) in [6, 6.07) is 10.2. The van der Waals surface area contributed by atoms with E-state index in [1.54, 1.807) is 0 Å². The van der Waals surface area contributed by atoms with Gasteiger partial charge in [0.15, 0.2) is 0 Å². The molecule has 0 saturated carbocycles. The molecule has 0 saturated heterocycles. The number of aryl methyl sites for hydroxylation is 2. The highest BCUT2D eigenvalue weighted by Gasteiger charge is 2.09. The number of hydrogen-bond donors (Lipinski definition) is 1. The molecule has 0 fully saturated rings. The summed E-state index contributed by atoms with van der Waals surface area (Å²) in [6.07, 6.45) is 0. The van der Waals surface area contributed by atoms with E-state index >= 15 is 0 Å². The van der Waals surface area contributed by atoms with Gasteiger partial charge < -0.3 is 10.2 Å². The molecule has 1 unspecified atom stereocenters. The van der Waals surface area contributed by atoms with E-state index in [-0.39, 0.29) is 6.04 Å². The monoisotopic (exact) mass is 215 g/mol. The van der Waals surface area contributed by atoms with Crippen LogP contribution in [-0.2, 0) is 0 Å². The maximum Gasteiger partial charge on any atom is 0.134 e. The number of furan rings is 1. The van der Waals surface area contributed by atoms with Gasteiger partial charge in [0.05, 0.1) is 6.04 Å². The van der Waals surface area contributed by atoms with E-state index in [1.807, 2.05) is 19.1 Å². The quantitative estimate of drug-likeness (QED) is 0.831. The Morgan fingerprint density at radius 3 is 2.44 bits per heavy atom. The molecular weight excluding hydrogens is 198 g/mol. The van der Waals surface area contributed by atoms with Gasteiger partial charge in [0.2, 0.25) is 0 Å². The molecule has 2 N–H and O–H groups in total. The number of nitrogens with two attached hydrogens (primary N) is 1. The lowest BCUT2D eigenvalue weighted by molar-refractivity contribution is 0.491. The fourth-order valence-corrected chi connectivity index (χ4v) is 1.83. The van der Waals surface area contributed by atoms with Gasteiger partial charge in [0.1, 0.15) is 11.5 Å². The van der Waals surface area contributed by atoms with E-state index < -0.39 is 0 Å². The van der Waals surface area contributed by atoms with Crippen LogP contribution in [0.5, 0.6) is 0 Å². The van der Waals surface area contributed by atoms with Gasteiger partial charge >= 0.3 is 0 Å². The zero-order valence-corrected chi connectivity index (χ0v) is 9.95. The first kappa shape index (κ1) is 11.0. The second-order valence-electron chi connectivity index (χ2n) is 4.31. The first-order valence-electron chi connectivity index (χ1n) is 5.51. The second-order valence-corrected chi connectivity index (χ2v) is 4.31. The molecule has 2 rings (SSSR count). The van der Waals surface area contributed by atoms with E-state index in [0.717, 1.165) is 17.1 Å². The van der Waals surface area contributed by atoms with E-state index in [2.05, 4.69) is 32.0 Å². The van der Waals surface area contributed by atoms with Crippen LogP contribution in [0, 0.1) is 13.8 Å². The van der Waals surface area contributed by atoms with Gasteiger partial charge in [0.25, 0.3) is 0 Å². The van der Waals surface area contributed by atoms with Crippen molar-refractivity contribution in [1.29, 1.82) is 0 Å². The summed E-state index contributed by atoms with van der Waals surface area (Å²) < 4.78 is 5.73. The molecule has 2 heteroatoms. The topological polar surface area (TPSA) is 39.2 Å². The van der Waals surface area contributed by atoms with Crippen LogP contribution in [0.2, 0.25) is 0 Å². The van der Waals surface area contributed by atoms with Crippen molar-refractivity contribution in [3.05, 3.63) is 47.2 Å². The van der Waals surface area contributed by atoms with Crippen molar-refractivity contribution >= 4 is 0 Å². The molecule has 1 aromatic carbocycles. The van der Waals surface area contributed by atoms with Gasteiger partial charge in [-0.15, -0.1) is 0 Å². The van der Waals surface area contributed by atoms with Crippen LogP contribution in [0.1, 0.15) is 29.9 Å². The third-order valence-electron chi connectivity index (χ3n) is 2.72. The molecule has 0 radical (unpaired) electrons. The van der Waals surface area contributed by atoms with Gasteiger partial charge in [-0.25, -0.2) is 0 Å². The lowest BCUT2D eigenvalue weighted by Gasteiger charge is -2.04. The number of rotatable bonds is 2. The van der Waals surface area contributed by atoms with Crippen molar-refractivity contribution in [3.8, 4) is 11.3 Å². The fourth-order valence-electron chi connectivity index (χ4n) is 1.83. The standard InChI is InChI=1S/C14H17NO/c1-9-4-5-12(10(2)8-9)14-7-6-13(16-14)11(3)15/h4-8,11H,15H2,1-3H3. The second kappa shape index (κ2) is 4.14. The smallest absolute Gasteiger partial charge is 0.134 e. The summed E-state index contributed by atoms with van der Waals surface area (Å²) in [5.74, 6) is 1.72. The maximum atomic E-state index is 5.77. The highest BCUT2D eigenvalue weighted by Crippen LogP contribution is 2.27. The van der Waals surface area contributed by atoms with Crippen LogP contribution in [0.15, 0.2) is 34.7 Å². The lowest BCUT2D eigenvalue weighted by atomic mass is 10.0. The minimum absolute atomic E-state index is 0.0560. The molecule has 0 aliphatic carbocycles. The van der Waals surface area contributed by atoms with Crippen LogP contribution in [0.4, 0.5) is 0 Å². The SMILES string of the molecule is Cc1ccc(-c2ccc(C(C)N)o2)c(C)c1. The van der Waals surface area contributed by atoms with Crippen LogP contribution in [-0.4, -0.2) is 0 Å². The van der Waals surface area contributed by atoms with Crippen molar-refractivity contribution in [2.75, 3.05) is 0 Å². The Hall–Kier alpha value is -1.54. The van der Waals surface area contributed by atoms with Crippen molar-refractivity contribution in [3.63, 3.8) is 0 Å². The van der Waals surface area contributed by atoms with Gasteiger partial charge in [-0.2, -0.15) is 0 Å². The van der Waals surface area contributed by atoms with Crippen LogP contribution >= 0.6 is 0 Å². The lowest BCUT2D eigenvalue weighted by Crippen LogP contribution is -2.02. The number of benzene rings is 1. The Morgan fingerprint density at radius 1 is 1.12 bits per heavy atom. The average molecular weight is 215 g/mol. The predicted octanol–water partition coefficient (Wildman–Crippen LogP) is 3.58. The zero-order chi connectivity index (χ0) is 11.7. The molecule has 2 nitrogen and oxygen atoms in total. The van der Waals surface area contributed by atoms with Crippen LogP contribution < -0.4 is 5.73 Å². The molecule has 0 amide bonds. The maximum absolute atomic E-state index is 5.77. The molecule has 0 aliphatic heterocycles. The predicted molar refractivity (Wildman–Crippen MR) is 66.2 cm³/mol. The molecular formula is C14H17NO. The summed E-state index contributed by atoms with van der Waals surface area (Å²) in [5.41, 5.74) is 9.40. The summed E-state index contributed by atoms with van der Waals surface area (Å²) in [6.45, 7) is 6.10. The molecule has 84 valence electrons. The summed E-state index contributed by atoms with van der Waals surface area (Å²) in [7, 11) is 0. The van der Waals surface area contributed by atoms with Gasteiger partial charge in [-0.3, -0.25) is 0 Å². The van der Waals surface area contributed by atoms with Crippen LogP contribution in [0.25, 0.3) is 11.3 Å². The molecule has 0 bridgehead atoms. The molecule has 0 spiro atoms. The molecule has 1 heterocycles. The third-order valence-corrected chi connectivity index (χ3v) is 2.72. The summed E-state index contributed by atoms with van der Waals surface area (Å²) >= 11 is 0. The normalized spacial score (nSPS) is 12.8. The van der Waals surface area contributed by atoms with E-state index in [1.165, 1.54) is 11.1 Å². The average Bonchev–Trinajstić information content (AvgIpc) is 2.66. The third kappa shape index (κ3) is 2.02.